The van der Waals surface area contributed by atoms with E-state index in [4.69, 9.17) is 11.6 Å². The normalized spacial score (nSPS) is 10.8. The summed E-state index contributed by atoms with van der Waals surface area (Å²) in [6.45, 7) is 3.82. The number of Topliss-reactive ketones (excluding diaryl/α,β-unsaturated/α-hetero) is 1. The molecule has 0 N–H and O–H groups in total. The van der Waals surface area contributed by atoms with Crippen molar-refractivity contribution in [1.82, 2.24) is 9.78 Å². The first-order chi connectivity index (χ1) is 8.90. The van der Waals surface area contributed by atoms with E-state index in [1.54, 1.807) is 11.7 Å². The monoisotopic (exact) mass is 340 g/mol. The molecule has 5 heteroatoms. The lowest BCUT2D eigenvalue weighted by atomic mass is 10.0. The number of hydrogen-bond donors (Lipinski definition) is 0. The molecule has 0 aliphatic heterocycles. The Morgan fingerprint density at radius 3 is 2.68 bits per heavy atom. The minimum absolute atomic E-state index is 0.0357. The van der Waals surface area contributed by atoms with Gasteiger partial charge in [-0.1, -0.05) is 39.2 Å². The van der Waals surface area contributed by atoms with Gasteiger partial charge in [-0.05, 0) is 26.0 Å². The highest BCUT2D eigenvalue weighted by atomic mass is 79.9. The maximum atomic E-state index is 12.4. The van der Waals surface area contributed by atoms with Gasteiger partial charge >= 0.3 is 0 Å². The van der Waals surface area contributed by atoms with Gasteiger partial charge in [-0.15, -0.1) is 0 Å². The summed E-state index contributed by atoms with van der Waals surface area (Å²) < 4.78 is 2.39. The zero-order chi connectivity index (χ0) is 14.2. The summed E-state index contributed by atoms with van der Waals surface area (Å²) in [6.07, 6.45) is 0.264. The van der Waals surface area contributed by atoms with Gasteiger partial charge in [0.15, 0.2) is 5.78 Å². The van der Waals surface area contributed by atoms with E-state index in [0.717, 1.165) is 21.3 Å². The molecule has 19 heavy (non-hydrogen) atoms. The molecular formula is C14H14BrClN2O. The van der Waals surface area contributed by atoms with Crippen molar-refractivity contribution >= 4 is 33.3 Å². The first kappa shape index (κ1) is 14.3. The Hall–Kier alpha value is -1.13. The van der Waals surface area contributed by atoms with Crippen molar-refractivity contribution in [1.29, 1.82) is 0 Å². The Labute approximate surface area is 125 Å². The van der Waals surface area contributed by atoms with Crippen LogP contribution >= 0.6 is 27.5 Å². The van der Waals surface area contributed by atoms with Crippen LogP contribution in [-0.4, -0.2) is 15.6 Å². The maximum absolute atomic E-state index is 12.4. The van der Waals surface area contributed by atoms with E-state index < -0.39 is 0 Å². The minimum atomic E-state index is 0.0357. The largest absolute Gasteiger partial charge is 0.294 e. The zero-order valence-electron chi connectivity index (χ0n) is 11.0. The number of nitrogens with zero attached hydrogens (tertiary/aromatic N) is 2. The average Bonchev–Trinajstić information content (AvgIpc) is 2.59. The minimum Gasteiger partial charge on any atom is -0.294 e. The smallest absolute Gasteiger partial charge is 0.168 e. The van der Waals surface area contributed by atoms with Crippen molar-refractivity contribution in [3.8, 4) is 0 Å². The third kappa shape index (κ3) is 2.90. The lowest BCUT2D eigenvalue weighted by Crippen LogP contribution is -2.06. The molecule has 0 radical (unpaired) electrons. The van der Waals surface area contributed by atoms with Gasteiger partial charge in [-0.25, -0.2) is 0 Å². The van der Waals surface area contributed by atoms with Crippen LogP contribution in [0.3, 0.4) is 0 Å². The molecule has 0 fully saturated rings. The number of benzene rings is 1. The maximum Gasteiger partial charge on any atom is 0.168 e. The number of rotatable bonds is 3. The molecule has 0 unspecified atom stereocenters. The van der Waals surface area contributed by atoms with Gasteiger partial charge in [0.25, 0.3) is 0 Å². The fourth-order valence-electron chi connectivity index (χ4n) is 1.98. The SMILES string of the molecule is Cc1ccc(Br)c(C(=O)Cc2c(C)nn(C)c2Cl)c1. The highest BCUT2D eigenvalue weighted by molar-refractivity contribution is 9.10. The summed E-state index contributed by atoms with van der Waals surface area (Å²) in [4.78, 5) is 12.4. The van der Waals surface area contributed by atoms with Gasteiger partial charge in [-0.2, -0.15) is 5.10 Å². The van der Waals surface area contributed by atoms with Crippen molar-refractivity contribution in [3.05, 3.63) is 50.2 Å². The fourth-order valence-corrected chi connectivity index (χ4v) is 2.69. The van der Waals surface area contributed by atoms with Crippen LogP contribution in [0, 0.1) is 13.8 Å². The zero-order valence-corrected chi connectivity index (χ0v) is 13.3. The number of carbonyl (C=O) groups is 1. The van der Waals surface area contributed by atoms with Crippen LogP contribution in [0.15, 0.2) is 22.7 Å². The molecule has 0 aliphatic rings. The molecule has 0 spiro atoms. The first-order valence-corrected chi connectivity index (χ1v) is 7.04. The number of aromatic nitrogens is 2. The standard InChI is InChI=1S/C14H14BrClN2O/c1-8-4-5-12(15)11(6-8)13(19)7-10-9(2)17-18(3)14(10)16/h4-6H,7H2,1-3H3. The van der Waals surface area contributed by atoms with Crippen LogP contribution in [-0.2, 0) is 13.5 Å². The van der Waals surface area contributed by atoms with E-state index in [-0.39, 0.29) is 12.2 Å². The third-order valence-corrected chi connectivity index (χ3v) is 4.19. The first-order valence-electron chi connectivity index (χ1n) is 5.87. The van der Waals surface area contributed by atoms with Gasteiger partial charge in [0.1, 0.15) is 5.15 Å². The van der Waals surface area contributed by atoms with E-state index in [9.17, 15) is 4.79 Å². The molecule has 0 bridgehead atoms. The lowest BCUT2D eigenvalue weighted by molar-refractivity contribution is 0.0992. The molecule has 1 aromatic heterocycles. The van der Waals surface area contributed by atoms with Crippen molar-refractivity contribution in [3.63, 3.8) is 0 Å². The molecule has 3 nitrogen and oxygen atoms in total. The van der Waals surface area contributed by atoms with Gasteiger partial charge in [-0.3, -0.25) is 9.48 Å². The summed E-state index contributed by atoms with van der Waals surface area (Å²) in [5, 5.41) is 4.74. The molecular weight excluding hydrogens is 328 g/mol. The number of aryl methyl sites for hydroxylation is 3. The van der Waals surface area contributed by atoms with E-state index >= 15 is 0 Å². The van der Waals surface area contributed by atoms with Gasteiger partial charge < -0.3 is 0 Å². The Kier molecular flexibility index (Phi) is 4.11. The van der Waals surface area contributed by atoms with Crippen molar-refractivity contribution in [2.45, 2.75) is 20.3 Å². The van der Waals surface area contributed by atoms with E-state index in [0.29, 0.717) is 10.7 Å². The van der Waals surface area contributed by atoms with E-state index in [2.05, 4.69) is 21.0 Å². The second kappa shape index (κ2) is 5.47. The number of hydrogen-bond acceptors (Lipinski definition) is 2. The Morgan fingerprint density at radius 1 is 1.42 bits per heavy atom. The summed E-state index contributed by atoms with van der Waals surface area (Å²) >= 11 is 9.57. The summed E-state index contributed by atoms with van der Waals surface area (Å²) in [6, 6.07) is 5.73. The van der Waals surface area contributed by atoms with Crippen LogP contribution in [0.4, 0.5) is 0 Å². The number of ketones is 1. The predicted octanol–water partition coefficient (Wildman–Crippen LogP) is 3.88. The highest BCUT2D eigenvalue weighted by Gasteiger charge is 2.17. The summed E-state index contributed by atoms with van der Waals surface area (Å²) in [5.74, 6) is 0.0357. The van der Waals surface area contributed by atoms with Gasteiger partial charge in [0.2, 0.25) is 0 Å². The predicted molar refractivity (Wildman–Crippen MR) is 79.9 cm³/mol. The van der Waals surface area contributed by atoms with Crippen LogP contribution in [0.1, 0.15) is 27.2 Å². The van der Waals surface area contributed by atoms with Crippen molar-refractivity contribution < 1.29 is 4.79 Å². The molecule has 0 atom stereocenters. The fraction of sp³-hybridized carbons (Fsp3) is 0.286. The Balaban J connectivity index is 2.33. The van der Waals surface area contributed by atoms with Gasteiger partial charge in [0.05, 0.1) is 5.69 Å². The van der Waals surface area contributed by atoms with Crippen LogP contribution in [0.2, 0.25) is 5.15 Å². The molecule has 1 aromatic carbocycles. The molecule has 0 amide bonds. The summed E-state index contributed by atoms with van der Waals surface area (Å²) in [5.41, 5.74) is 3.33. The molecule has 2 aromatic rings. The average molecular weight is 342 g/mol. The molecule has 100 valence electrons. The number of halogens is 2. The Bertz CT molecular complexity index is 649. The Morgan fingerprint density at radius 2 is 2.11 bits per heavy atom. The number of carbonyl (C=O) groups excluding carboxylic acids is 1. The second-order valence-corrected chi connectivity index (χ2v) is 5.77. The van der Waals surface area contributed by atoms with Gasteiger partial charge in [0, 0.05) is 29.1 Å². The quantitative estimate of drug-likeness (QED) is 0.794. The highest BCUT2D eigenvalue weighted by Crippen LogP contribution is 2.24. The van der Waals surface area contributed by atoms with E-state index in [1.165, 1.54) is 0 Å². The van der Waals surface area contributed by atoms with Crippen LogP contribution in [0.25, 0.3) is 0 Å². The molecule has 2 rings (SSSR count). The van der Waals surface area contributed by atoms with E-state index in [1.807, 2.05) is 32.0 Å². The van der Waals surface area contributed by atoms with Crippen LogP contribution in [0.5, 0.6) is 0 Å². The molecule has 0 aliphatic carbocycles. The summed E-state index contributed by atoms with van der Waals surface area (Å²) in [7, 11) is 1.77. The van der Waals surface area contributed by atoms with Crippen molar-refractivity contribution in [2.75, 3.05) is 0 Å². The van der Waals surface area contributed by atoms with Crippen molar-refractivity contribution in [2.24, 2.45) is 7.05 Å². The third-order valence-electron chi connectivity index (χ3n) is 3.03. The molecule has 1 heterocycles. The van der Waals surface area contributed by atoms with Crippen LogP contribution < -0.4 is 0 Å². The molecule has 0 saturated heterocycles. The topological polar surface area (TPSA) is 34.9 Å². The molecule has 0 saturated carbocycles. The lowest BCUT2D eigenvalue weighted by Gasteiger charge is -2.05. The second-order valence-electron chi connectivity index (χ2n) is 4.56.